The second-order valence-corrected chi connectivity index (χ2v) is 6.80. The summed E-state index contributed by atoms with van der Waals surface area (Å²) in [5, 5.41) is 2.66. The third-order valence-corrected chi connectivity index (χ3v) is 3.57. The minimum atomic E-state index is -0.506. The van der Waals surface area contributed by atoms with Crippen molar-refractivity contribution in [3.05, 3.63) is 15.3 Å². The Hall–Kier alpha value is -0.740. The van der Waals surface area contributed by atoms with Gasteiger partial charge in [0.15, 0.2) is 0 Å². The predicted molar refractivity (Wildman–Crippen MR) is 73.3 cm³/mol. The van der Waals surface area contributed by atoms with E-state index in [2.05, 4.69) is 19.2 Å². The zero-order valence-electron chi connectivity index (χ0n) is 10.8. The molecule has 5 heteroatoms. The van der Waals surface area contributed by atoms with Crippen molar-refractivity contribution in [2.45, 2.75) is 46.1 Å². The number of hydrogen-bond acceptors (Lipinski definition) is 3. The van der Waals surface area contributed by atoms with Gasteiger partial charge >= 0.3 is 6.09 Å². The predicted octanol–water partition coefficient (Wildman–Crippen LogP) is 4.87. The Morgan fingerprint density at radius 3 is 2.47 bits per heavy atom. The number of carbonyl (C=O) groups is 1. The lowest BCUT2D eigenvalue weighted by atomic mass is 10.2. The lowest BCUT2D eigenvalue weighted by Gasteiger charge is -2.19. The van der Waals surface area contributed by atoms with Gasteiger partial charge in [0.05, 0.1) is 5.69 Å². The van der Waals surface area contributed by atoms with Crippen molar-refractivity contribution in [2.75, 3.05) is 5.32 Å². The van der Waals surface area contributed by atoms with Gasteiger partial charge in [0.25, 0.3) is 0 Å². The largest absolute Gasteiger partial charge is 0.444 e. The van der Waals surface area contributed by atoms with Gasteiger partial charge in [0, 0.05) is 4.88 Å². The van der Waals surface area contributed by atoms with Gasteiger partial charge in [0.2, 0.25) is 0 Å². The van der Waals surface area contributed by atoms with Gasteiger partial charge in [-0.2, -0.15) is 0 Å². The molecule has 0 radical (unpaired) electrons. The van der Waals surface area contributed by atoms with Crippen molar-refractivity contribution in [1.29, 1.82) is 0 Å². The molecule has 1 aromatic rings. The number of ether oxygens (including phenoxy) is 1. The average Bonchev–Trinajstić information content (AvgIpc) is 2.44. The van der Waals surface area contributed by atoms with E-state index in [9.17, 15) is 4.79 Å². The highest BCUT2D eigenvalue weighted by Crippen LogP contribution is 2.36. The second-order valence-electron chi connectivity index (χ2n) is 5.12. The van der Waals surface area contributed by atoms with Crippen molar-refractivity contribution in [3.8, 4) is 0 Å². The summed E-state index contributed by atoms with van der Waals surface area (Å²) < 4.78 is 5.75. The normalized spacial score (nSPS) is 11.7. The number of amides is 1. The van der Waals surface area contributed by atoms with Crippen LogP contribution in [0.4, 0.5) is 10.5 Å². The maximum atomic E-state index is 11.6. The van der Waals surface area contributed by atoms with Crippen LogP contribution in [0, 0.1) is 0 Å². The Balaban J connectivity index is 2.72. The molecule has 1 heterocycles. The maximum absolute atomic E-state index is 11.6. The number of nitrogens with one attached hydrogen (secondary N) is 1. The van der Waals surface area contributed by atoms with Crippen LogP contribution in [0.2, 0.25) is 4.34 Å². The molecule has 1 N–H and O–H groups in total. The van der Waals surface area contributed by atoms with Crippen LogP contribution in [0.5, 0.6) is 0 Å². The molecule has 0 saturated heterocycles. The van der Waals surface area contributed by atoms with Gasteiger partial charge in [0.1, 0.15) is 9.94 Å². The third kappa shape index (κ3) is 4.56. The topological polar surface area (TPSA) is 38.3 Å². The SMILES string of the molecule is CC(C)c1cc(NC(=O)OC(C)(C)C)c(Cl)s1. The van der Waals surface area contributed by atoms with Gasteiger partial charge in [-0.1, -0.05) is 25.4 Å². The molecule has 0 bridgehead atoms. The fourth-order valence-electron chi connectivity index (χ4n) is 1.17. The molecular formula is C12H18ClNO2S. The number of anilines is 1. The van der Waals surface area contributed by atoms with Crippen molar-refractivity contribution in [3.63, 3.8) is 0 Å². The monoisotopic (exact) mass is 275 g/mol. The van der Waals surface area contributed by atoms with E-state index in [1.54, 1.807) is 0 Å². The molecule has 0 aliphatic rings. The molecule has 1 amide bonds. The van der Waals surface area contributed by atoms with Crippen molar-refractivity contribution in [2.24, 2.45) is 0 Å². The van der Waals surface area contributed by atoms with Crippen LogP contribution in [-0.2, 0) is 4.74 Å². The van der Waals surface area contributed by atoms with E-state index < -0.39 is 11.7 Å². The molecule has 1 aromatic heterocycles. The molecule has 1 rings (SSSR count). The lowest BCUT2D eigenvalue weighted by molar-refractivity contribution is 0.0636. The van der Waals surface area contributed by atoms with Gasteiger partial charge < -0.3 is 4.74 Å². The van der Waals surface area contributed by atoms with Crippen molar-refractivity contribution < 1.29 is 9.53 Å². The van der Waals surface area contributed by atoms with Crippen molar-refractivity contribution in [1.82, 2.24) is 0 Å². The molecule has 3 nitrogen and oxygen atoms in total. The van der Waals surface area contributed by atoms with Crippen LogP contribution in [0.15, 0.2) is 6.07 Å². The van der Waals surface area contributed by atoms with E-state index in [1.807, 2.05) is 26.8 Å². The first kappa shape index (κ1) is 14.3. The Kier molecular flexibility index (Phi) is 4.44. The fraction of sp³-hybridized carbons (Fsp3) is 0.583. The lowest BCUT2D eigenvalue weighted by Crippen LogP contribution is -2.27. The van der Waals surface area contributed by atoms with Crippen molar-refractivity contribution >= 4 is 34.7 Å². The first-order valence-corrected chi connectivity index (χ1v) is 6.67. The highest BCUT2D eigenvalue weighted by Gasteiger charge is 2.18. The van der Waals surface area contributed by atoms with Crippen LogP contribution in [0.25, 0.3) is 0 Å². The molecule has 0 aliphatic heterocycles. The zero-order valence-corrected chi connectivity index (χ0v) is 12.3. The minimum absolute atomic E-state index is 0.395. The minimum Gasteiger partial charge on any atom is -0.444 e. The number of halogens is 1. The number of rotatable bonds is 2. The van der Waals surface area contributed by atoms with Crippen LogP contribution in [-0.4, -0.2) is 11.7 Å². The molecule has 0 fully saturated rings. The molecule has 0 aromatic carbocycles. The molecule has 96 valence electrons. The summed E-state index contributed by atoms with van der Waals surface area (Å²) >= 11 is 7.53. The van der Waals surface area contributed by atoms with Crippen LogP contribution in [0.1, 0.15) is 45.4 Å². The number of carbonyl (C=O) groups excluding carboxylic acids is 1. The summed E-state index contributed by atoms with van der Waals surface area (Å²) in [6.45, 7) is 9.63. The Morgan fingerprint density at radius 1 is 1.47 bits per heavy atom. The van der Waals surface area contributed by atoms with Gasteiger partial charge in [-0.3, -0.25) is 5.32 Å². The molecule has 0 atom stereocenters. The zero-order chi connectivity index (χ0) is 13.2. The molecule has 0 saturated carbocycles. The molecule has 0 spiro atoms. The molecule has 17 heavy (non-hydrogen) atoms. The summed E-state index contributed by atoms with van der Waals surface area (Å²) in [6.07, 6.45) is -0.479. The highest BCUT2D eigenvalue weighted by atomic mass is 35.5. The van der Waals surface area contributed by atoms with Gasteiger partial charge in [-0.25, -0.2) is 4.79 Å². The number of hydrogen-bond donors (Lipinski definition) is 1. The van der Waals surface area contributed by atoms with Crippen LogP contribution < -0.4 is 5.32 Å². The van der Waals surface area contributed by atoms with Crippen LogP contribution >= 0.6 is 22.9 Å². The molecule has 0 unspecified atom stereocenters. The Morgan fingerprint density at radius 2 is 2.06 bits per heavy atom. The average molecular weight is 276 g/mol. The first-order chi connectivity index (χ1) is 7.69. The standard InChI is InChI=1S/C12H18ClNO2S/c1-7(2)9-6-8(10(13)17-9)14-11(15)16-12(3,4)5/h6-7H,1-5H3,(H,14,15). The molecule has 0 aliphatic carbocycles. The van der Waals surface area contributed by atoms with Crippen LogP contribution in [0.3, 0.4) is 0 Å². The smallest absolute Gasteiger partial charge is 0.412 e. The second kappa shape index (κ2) is 5.27. The van der Waals surface area contributed by atoms with E-state index >= 15 is 0 Å². The summed E-state index contributed by atoms with van der Waals surface area (Å²) in [6, 6.07) is 1.89. The first-order valence-electron chi connectivity index (χ1n) is 5.48. The maximum Gasteiger partial charge on any atom is 0.412 e. The molecular weight excluding hydrogens is 258 g/mol. The Bertz CT molecular complexity index is 407. The summed E-state index contributed by atoms with van der Waals surface area (Å²) in [4.78, 5) is 12.7. The summed E-state index contributed by atoms with van der Waals surface area (Å²) in [5.41, 5.74) is 0.114. The van der Waals surface area contributed by atoms with Gasteiger partial charge in [-0.15, -0.1) is 11.3 Å². The summed E-state index contributed by atoms with van der Waals surface area (Å²) in [5.74, 6) is 0.395. The van der Waals surface area contributed by atoms with E-state index in [1.165, 1.54) is 11.3 Å². The van der Waals surface area contributed by atoms with E-state index in [0.29, 0.717) is 15.9 Å². The quantitative estimate of drug-likeness (QED) is 0.836. The van der Waals surface area contributed by atoms with Gasteiger partial charge in [-0.05, 0) is 32.8 Å². The van der Waals surface area contributed by atoms with E-state index in [0.717, 1.165) is 4.88 Å². The van der Waals surface area contributed by atoms with E-state index in [-0.39, 0.29) is 0 Å². The third-order valence-electron chi connectivity index (χ3n) is 1.91. The fourth-order valence-corrected chi connectivity index (χ4v) is 2.38. The highest BCUT2D eigenvalue weighted by molar-refractivity contribution is 7.17. The number of thiophene rings is 1. The summed E-state index contributed by atoms with van der Waals surface area (Å²) in [7, 11) is 0. The Labute approximate surface area is 111 Å². The van der Waals surface area contributed by atoms with E-state index in [4.69, 9.17) is 16.3 Å².